The molecular formula is C27H33N3O7. The van der Waals surface area contributed by atoms with Crippen molar-refractivity contribution in [2.75, 3.05) is 67.9 Å². The third kappa shape index (κ3) is 3.77. The second kappa shape index (κ2) is 9.59. The van der Waals surface area contributed by atoms with Crippen LogP contribution in [-0.2, 0) is 17.7 Å². The molecule has 2 aromatic rings. The maximum absolute atomic E-state index is 13.2. The Balaban J connectivity index is 1.51. The number of cyclic esters (lactones) is 1. The van der Waals surface area contributed by atoms with Crippen molar-refractivity contribution in [1.82, 2.24) is 15.1 Å². The number of benzene rings is 2. The van der Waals surface area contributed by atoms with Crippen LogP contribution in [0.1, 0.15) is 44.8 Å². The maximum Gasteiger partial charge on any atom is 0.343 e. The average Bonchev–Trinajstić information content (AvgIpc) is 3.53. The van der Waals surface area contributed by atoms with Crippen LogP contribution in [0.25, 0.3) is 0 Å². The minimum absolute atomic E-state index is 0.155. The zero-order valence-electron chi connectivity index (χ0n) is 21.7. The molecule has 4 aliphatic heterocycles. The van der Waals surface area contributed by atoms with E-state index >= 15 is 0 Å². The van der Waals surface area contributed by atoms with E-state index in [1.807, 2.05) is 12.1 Å². The smallest absolute Gasteiger partial charge is 0.343 e. The fourth-order valence-electron chi connectivity index (χ4n) is 6.18. The molecule has 0 radical (unpaired) electrons. The molecule has 1 N–H and O–H groups in total. The summed E-state index contributed by atoms with van der Waals surface area (Å²) in [5.74, 6) is 2.51. The highest BCUT2D eigenvalue weighted by atomic mass is 16.7. The lowest BCUT2D eigenvalue weighted by Gasteiger charge is -2.40. The summed E-state index contributed by atoms with van der Waals surface area (Å²) < 4.78 is 35.1. The van der Waals surface area contributed by atoms with E-state index in [9.17, 15) is 4.79 Å². The summed E-state index contributed by atoms with van der Waals surface area (Å²) in [5, 5.41) is 3.42. The highest BCUT2D eigenvalue weighted by molar-refractivity contribution is 5.98. The number of rotatable bonds is 6. The van der Waals surface area contributed by atoms with Gasteiger partial charge in [0.25, 0.3) is 0 Å². The van der Waals surface area contributed by atoms with Gasteiger partial charge in [0.1, 0.15) is 11.7 Å². The molecule has 4 aliphatic rings. The van der Waals surface area contributed by atoms with Crippen LogP contribution in [0.5, 0.6) is 28.7 Å². The summed E-state index contributed by atoms with van der Waals surface area (Å²) >= 11 is 0. The molecule has 0 saturated carbocycles. The predicted octanol–water partition coefficient (Wildman–Crippen LogP) is 2.29. The number of esters is 1. The van der Waals surface area contributed by atoms with Crippen LogP contribution in [0.4, 0.5) is 0 Å². The van der Waals surface area contributed by atoms with Gasteiger partial charge < -0.3 is 33.7 Å². The number of hydrogen-bond donors (Lipinski definition) is 1. The molecule has 10 heteroatoms. The Labute approximate surface area is 216 Å². The lowest BCUT2D eigenvalue weighted by molar-refractivity contribution is 0.00865. The van der Waals surface area contributed by atoms with Gasteiger partial charge in [-0.2, -0.15) is 0 Å². The number of carbonyl (C=O) groups is 1. The van der Waals surface area contributed by atoms with Crippen molar-refractivity contribution in [2.24, 2.45) is 0 Å². The van der Waals surface area contributed by atoms with Crippen molar-refractivity contribution in [3.8, 4) is 28.7 Å². The fraction of sp³-hybridized carbons (Fsp3) is 0.519. The number of piperazine rings is 1. The molecule has 37 heavy (non-hydrogen) atoms. The van der Waals surface area contributed by atoms with Crippen molar-refractivity contribution in [1.29, 1.82) is 0 Å². The summed E-state index contributed by atoms with van der Waals surface area (Å²) in [4.78, 5) is 17.9. The van der Waals surface area contributed by atoms with Crippen molar-refractivity contribution in [3.63, 3.8) is 0 Å². The number of likely N-dealkylation sites (N-methyl/N-ethyl adjacent to an activating group) is 1. The predicted molar refractivity (Wildman–Crippen MR) is 134 cm³/mol. The van der Waals surface area contributed by atoms with Gasteiger partial charge in [0.2, 0.25) is 12.5 Å². The monoisotopic (exact) mass is 511 g/mol. The number of hydrogen-bond acceptors (Lipinski definition) is 10. The Morgan fingerprint density at radius 3 is 2.49 bits per heavy atom. The molecule has 4 heterocycles. The van der Waals surface area contributed by atoms with Crippen LogP contribution in [0.15, 0.2) is 12.1 Å². The van der Waals surface area contributed by atoms with Gasteiger partial charge in [-0.15, -0.1) is 0 Å². The van der Waals surface area contributed by atoms with Gasteiger partial charge in [0.05, 0.1) is 27.4 Å². The van der Waals surface area contributed by atoms with Crippen molar-refractivity contribution >= 4 is 5.97 Å². The zero-order valence-corrected chi connectivity index (χ0v) is 21.7. The lowest BCUT2D eigenvalue weighted by atomic mass is 9.83. The Kier molecular flexibility index (Phi) is 6.26. The third-order valence-electron chi connectivity index (χ3n) is 7.92. The topological polar surface area (TPSA) is 91.0 Å². The van der Waals surface area contributed by atoms with Gasteiger partial charge >= 0.3 is 5.97 Å². The van der Waals surface area contributed by atoms with Crippen molar-refractivity contribution < 1.29 is 33.2 Å². The summed E-state index contributed by atoms with van der Waals surface area (Å²) in [7, 11) is 6.80. The molecule has 0 aromatic heterocycles. The Bertz CT molecular complexity index is 1230. The lowest BCUT2D eigenvalue weighted by Crippen LogP contribution is -2.43. The zero-order chi connectivity index (χ0) is 25.7. The summed E-state index contributed by atoms with van der Waals surface area (Å²) in [6, 6.07) is 3.44. The normalized spacial score (nSPS) is 22.9. The molecule has 0 spiro atoms. The van der Waals surface area contributed by atoms with Crippen LogP contribution in [0.3, 0.4) is 0 Å². The van der Waals surface area contributed by atoms with E-state index in [0.29, 0.717) is 28.6 Å². The second-order valence-corrected chi connectivity index (χ2v) is 9.76. The van der Waals surface area contributed by atoms with Gasteiger partial charge in [-0.1, -0.05) is 6.07 Å². The third-order valence-corrected chi connectivity index (χ3v) is 7.92. The highest BCUT2D eigenvalue weighted by Crippen LogP contribution is 2.57. The first-order valence-electron chi connectivity index (χ1n) is 12.7. The van der Waals surface area contributed by atoms with E-state index in [1.54, 1.807) is 14.2 Å². The van der Waals surface area contributed by atoms with E-state index < -0.39 is 12.1 Å². The summed E-state index contributed by atoms with van der Waals surface area (Å²) in [6.45, 7) is 5.58. The Hall–Kier alpha value is -3.21. The van der Waals surface area contributed by atoms with Crippen LogP contribution in [0.2, 0.25) is 0 Å². The van der Waals surface area contributed by atoms with Crippen LogP contribution in [0, 0.1) is 0 Å². The van der Waals surface area contributed by atoms with E-state index in [0.717, 1.165) is 68.1 Å². The number of nitrogens with one attached hydrogen (secondary N) is 1. The summed E-state index contributed by atoms with van der Waals surface area (Å²) in [5.41, 5.74) is 4.50. The van der Waals surface area contributed by atoms with Gasteiger partial charge in [-0.05, 0) is 25.1 Å². The number of carbonyl (C=O) groups excluding carboxylic acids is 1. The quantitative estimate of drug-likeness (QED) is 0.583. The van der Waals surface area contributed by atoms with E-state index in [1.165, 1.54) is 12.7 Å². The van der Waals surface area contributed by atoms with Crippen LogP contribution in [-0.4, -0.2) is 83.7 Å². The van der Waals surface area contributed by atoms with E-state index in [-0.39, 0.29) is 12.8 Å². The van der Waals surface area contributed by atoms with Gasteiger partial charge in [0, 0.05) is 56.0 Å². The number of nitrogens with zero attached hydrogens (tertiary/aromatic N) is 2. The van der Waals surface area contributed by atoms with E-state index in [4.69, 9.17) is 28.4 Å². The molecule has 6 rings (SSSR count). The Morgan fingerprint density at radius 1 is 1.00 bits per heavy atom. The molecule has 0 amide bonds. The first-order valence-corrected chi connectivity index (χ1v) is 12.7. The van der Waals surface area contributed by atoms with Gasteiger partial charge in [0.15, 0.2) is 23.0 Å². The first kappa shape index (κ1) is 24.1. The molecule has 0 aliphatic carbocycles. The van der Waals surface area contributed by atoms with Crippen molar-refractivity contribution in [2.45, 2.75) is 25.1 Å². The molecule has 2 atom stereocenters. The molecular weight excluding hydrogens is 478 g/mol. The number of methoxy groups -OCH3 is 3. The molecule has 1 fully saturated rings. The molecule has 2 aromatic carbocycles. The SMILES string of the molecule is COc1ccc2c(c1OC)C(=O)OC2C1c2c(c(CN3CCNCC3)c3c(c2OC)OCO3)CCN1C. The van der Waals surface area contributed by atoms with Crippen molar-refractivity contribution in [3.05, 3.63) is 39.9 Å². The Morgan fingerprint density at radius 2 is 1.76 bits per heavy atom. The number of ether oxygens (including phenoxy) is 6. The largest absolute Gasteiger partial charge is 0.493 e. The second-order valence-electron chi connectivity index (χ2n) is 9.76. The highest BCUT2D eigenvalue weighted by Gasteiger charge is 2.47. The summed E-state index contributed by atoms with van der Waals surface area (Å²) in [6.07, 6.45) is 0.281. The molecule has 198 valence electrons. The minimum atomic E-state index is -0.548. The fourth-order valence-corrected chi connectivity index (χ4v) is 6.18. The van der Waals surface area contributed by atoms with Crippen LogP contribution >= 0.6 is 0 Å². The van der Waals surface area contributed by atoms with Crippen LogP contribution < -0.4 is 29.0 Å². The first-order chi connectivity index (χ1) is 18.1. The number of fused-ring (bicyclic) bond motifs is 3. The molecule has 0 bridgehead atoms. The van der Waals surface area contributed by atoms with Gasteiger partial charge in [-0.3, -0.25) is 9.80 Å². The molecule has 10 nitrogen and oxygen atoms in total. The van der Waals surface area contributed by atoms with E-state index in [2.05, 4.69) is 22.2 Å². The maximum atomic E-state index is 13.2. The standard InChI is InChI=1S/C27H33N3O7/c1-29-10-7-15-17(13-30-11-8-28-9-12-30)23-26(36-14-35-23)25(34-4)19(15)21(29)22-16-5-6-18(32-2)24(33-3)20(16)27(31)37-22/h5-6,21-22,28H,7-14H2,1-4H3. The molecule has 2 unspecified atom stereocenters. The van der Waals surface area contributed by atoms with Gasteiger partial charge in [-0.25, -0.2) is 4.79 Å². The average molecular weight is 512 g/mol. The minimum Gasteiger partial charge on any atom is -0.493 e. The molecule has 1 saturated heterocycles.